The number of nitrogens with one attached hydrogen (secondary N) is 1. The van der Waals surface area contributed by atoms with Gasteiger partial charge in [-0.15, -0.1) is 0 Å². The van der Waals surface area contributed by atoms with Crippen molar-refractivity contribution in [3.05, 3.63) is 58.0 Å². The first-order valence-corrected chi connectivity index (χ1v) is 7.32. The topological polar surface area (TPSA) is 116 Å². The van der Waals surface area contributed by atoms with Gasteiger partial charge in [-0.25, -0.2) is 4.79 Å². The summed E-state index contributed by atoms with van der Waals surface area (Å²) in [6, 6.07) is 7.02. The van der Waals surface area contributed by atoms with Crippen molar-refractivity contribution in [1.82, 2.24) is 4.98 Å². The number of ketones is 1. The number of pyridine rings is 1. The van der Waals surface area contributed by atoms with Crippen LogP contribution < -0.4 is 10.9 Å². The van der Waals surface area contributed by atoms with E-state index >= 15 is 0 Å². The standard InChI is InChI=1S/C17H13N3O4/c18-8-10(11-4-1-2-7-19-11)9-20-15-16(22)14-12(21)5-3-6-13(14)24-17(15)23/h1-2,4,7,9,20,22H,3,5-6H2/b10-9+. The number of hydrogen-bond donors (Lipinski definition) is 2. The largest absolute Gasteiger partial charge is 0.505 e. The minimum absolute atomic E-state index is 0.0353. The lowest BCUT2D eigenvalue weighted by Gasteiger charge is -2.15. The zero-order valence-electron chi connectivity index (χ0n) is 12.6. The molecule has 0 radical (unpaired) electrons. The average molecular weight is 323 g/mol. The van der Waals surface area contributed by atoms with Crippen molar-refractivity contribution in [3.63, 3.8) is 0 Å². The number of nitrogens with zero attached hydrogens (tertiary/aromatic N) is 2. The second kappa shape index (κ2) is 6.38. The number of aryl methyl sites for hydroxylation is 1. The summed E-state index contributed by atoms with van der Waals surface area (Å²) in [7, 11) is 0. The van der Waals surface area contributed by atoms with Crippen molar-refractivity contribution in [3.8, 4) is 11.8 Å². The van der Waals surface area contributed by atoms with Crippen LogP contribution in [0.25, 0.3) is 5.57 Å². The van der Waals surface area contributed by atoms with Crippen LogP contribution in [0.5, 0.6) is 5.75 Å². The fraction of sp³-hybridized carbons (Fsp3) is 0.176. The van der Waals surface area contributed by atoms with E-state index in [4.69, 9.17) is 4.42 Å². The number of nitriles is 1. The van der Waals surface area contributed by atoms with E-state index in [2.05, 4.69) is 10.3 Å². The molecule has 2 heterocycles. The number of Topliss-reactive ketones (excluding diaryl/α,β-unsaturated/α-hetero) is 1. The van der Waals surface area contributed by atoms with E-state index in [1.807, 2.05) is 6.07 Å². The highest BCUT2D eigenvalue weighted by molar-refractivity contribution is 6.01. The maximum absolute atomic E-state index is 12.0. The van der Waals surface area contributed by atoms with Gasteiger partial charge in [0.15, 0.2) is 17.2 Å². The third-order valence-electron chi connectivity index (χ3n) is 3.68. The summed E-state index contributed by atoms with van der Waals surface area (Å²) in [4.78, 5) is 28.0. The third-order valence-corrected chi connectivity index (χ3v) is 3.68. The number of hydrogen-bond acceptors (Lipinski definition) is 7. The summed E-state index contributed by atoms with van der Waals surface area (Å²) >= 11 is 0. The molecule has 0 amide bonds. The predicted octanol–water partition coefficient (Wildman–Crippen LogP) is 2.24. The zero-order valence-corrected chi connectivity index (χ0v) is 12.6. The van der Waals surface area contributed by atoms with E-state index in [9.17, 15) is 20.0 Å². The molecule has 24 heavy (non-hydrogen) atoms. The Morgan fingerprint density at radius 1 is 1.38 bits per heavy atom. The monoisotopic (exact) mass is 323 g/mol. The van der Waals surface area contributed by atoms with E-state index in [1.54, 1.807) is 18.2 Å². The number of aromatic hydroxyl groups is 1. The van der Waals surface area contributed by atoms with Crippen LogP contribution in [0.4, 0.5) is 5.69 Å². The van der Waals surface area contributed by atoms with Crippen molar-refractivity contribution < 1.29 is 14.3 Å². The Balaban J connectivity index is 2.01. The first-order chi connectivity index (χ1) is 11.6. The van der Waals surface area contributed by atoms with Gasteiger partial charge in [-0.1, -0.05) is 6.07 Å². The first-order valence-electron chi connectivity index (χ1n) is 7.32. The SMILES string of the molecule is N#C/C(=C\Nc1c(O)c2c(oc1=O)CCCC2=O)c1ccccn1. The molecule has 2 aromatic heterocycles. The number of carbonyl (C=O) groups is 1. The smallest absolute Gasteiger partial charge is 0.363 e. The number of fused-ring (bicyclic) bond motifs is 1. The predicted molar refractivity (Wildman–Crippen MR) is 85.4 cm³/mol. The molecule has 0 aromatic carbocycles. The van der Waals surface area contributed by atoms with Crippen LogP contribution in [0.1, 0.15) is 34.7 Å². The van der Waals surface area contributed by atoms with Gasteiger partial charge in [0, 0.05) is 25.2 Å². The lowest BCUT2D eigenvalue weighted by molar-refractivity contribution is 0.0962. The van der Waals surface area contributed by atoms with Crippen molar-refractivity contribution in [2.24, 2.45) is 0 Å². The summed E-state index contributed by atoms with van der Waals surface area (Å²) < 4.78 is 5.13. The molecular weight excluding hydrogens is 310 g/mol. The number of carbonyl (C=O) groups excluding carboxylic acids is 1. The fourth-order valence-corrected chi connectivity index (χ4v) is 2.52. The molecule has 1 aliphatic carbocycles. The molecule has 0 saturated carbocycles. The number of aromatic nitrogens is 1. The maximum atomic E-state index is 12.0. The quantitative estimate of drug-likeness (QED) is 0.832. The molecular formula is C17H13N3O4. The Morgan fingerprint density at radius 3 is 2.92 bits per heavy atom. The fourth-order valence-electron chi connectivity index (χ4n) is 2.52. The molecule has 0 aliphatic heterocycles. The second-order valence-corrected chi connectivity index (χ2v) is 5.22. The van der Waals surface area contributed by atoms with Gasteiger partial charge in [-0.2, -0.15) is 5.26 Å². The van der Waals surface area contributed by atoms with Crippen molar-refractivity contribution in [1.29, 1.82) is 5.26 Å². The van der Waals surface area contributed by atoms with Crippen LogP contribution >= 0.6 is 0 Å². The summed E-state index contributed by atoms with van der Waals surface area (Å²) in [6.45, 7) is 0. The van der Waals surface area contributed by atoms with E-state index in [0.29, 0.717) is 25.0 Å². The lowest BCUT2D eigenvalue weighted by Crippen LogP contribution is -2.17. The van der Waals surface area contributed by atoms with Crippen molar-refractivity contribution in [2.75, 3.05) is 5.32 Å². The minimum atomic E-state index is -0.796. The molecule has 3 rings (SSSR count). The zero-order chi connectivity index (χ0) is 17.1. The van der Waals surface area contributed by atoms with Gasteiger partial charge in [0.2, 0.25) is 0 Å². The van der Waals surface area contributed by atoms with Crippen LogP contribution in [0.15, 0.2) is 39.8 Å². The van der Waals surface area contributed by atoms with E-state index in [-0.39, 0.29) is 28.4 Å². The molecule has 0 spiro atoms. The summed E-state index contributed by atoms with van der Waals surface area (Å²) in [5.74, 6) is -0.510. The lowest BCUT2D eigenvalue weighted by atomic mass is 9.95. The molecule has 2 N–H and O–H groups in total. The molecule has 7 heteroatoms. The Labute approximate surface area is 136 Å². The van der Waals surface area contributed by atoms with Gasteiger partial charge >= 0.3 is 5.63 Å². The van der Waals surface area contributed by atoms with Crippen molar-refractivity contribution in [2.45, 2.75) is 19.3 Å². The van der Waals surface area contributed by atoms with E-state index in [0.717, 1.165) is 0 Å². The van der Waals surface area contributed by atoms with Crippen LogP contribution in [0, 0.1) is 11.3 Å². The molecule has 0 bridgehead atoms. The molecule has 0 unspecified atom stereocenters. The maximum Gasteiger partial charge on any atom is 0.363 e. The third kappa shape index (κ3) is 2.77. The van der Waals surface area contributed by atoms with E-state index < -0.39 is 11.4 Å². The Kier molecular flexibility index (Phi) is 4.12. The number of anilines is 1. The van der Waals surface area contributed by atoms with E-state index in [1.165, 1.54) is 12.4 Å². The molecule has 2 aromatic rings. The number of rotatable bonds is 3. The average Bonchev–Trinajstić information content (AvgIpc) is 2.58. The van der Waals surface area contributed by atoms with Crippen LogP contribution in [0.3, 0.4) is 0 Å². The van der Waals surface area contributed by atoms with Gasteiger partial charge in [-0.05, 0) is 18.6 Å². The molecule has 0 fully saturated rings. The minimum Gasteiger partial charge on any atom is -0.505 e. The van der Waals surface area contributed by atoms with Crippen molar-refractivity contribution >= 4 is 17.0 Å². The summed E-state index contributed by atoms with van der Waals surface area (Å²) in [5, 5.41) is 22.1. The molecule has 0 atom stereocenters. The van der Waals surface area contributed by atoms with Gasteiger partial charge in [-0.3, -0.25) is 9.78 Å². The molecule has 0 saturated heterocycles. The normalized spacial score (nSPS) is 14.0. The Hall–Kier alpha value is -3.40. The highest BCUT2D eigenvalue weighted by Gasteiger charge is 2.27. The van der Waals surface area contributed by atoms with Gasteiger partial charge in [0.25, 0.3) is 0 Å². The highest BCUT2D eigenvalue weighted by Crippen LogP contribution is 2.32. The molecule has 7 nitrogen and oxygen atoms in total. The summed E-state index contributed by atoms with van der Waals surface area (Å²) in [5.41, 5.74) is -0.458. The Bertz CT molecular complexity index is 923. The van der Waals surface area contributed by atoms with Crippen LogP contribution in [0.2, 0.25) is 0 Å². The van der Waals surface area contributed by atoms with Gasteiger partial charge in [0.1, 0.15) is 17.4 Å². The van der Waals surface area contributed by atoms with Crippen LogP contribution in [-0.2, 0) is 6.42 Å². The number of allylic oxidation sites excluding steroid dienone is 1. The molecule has 120 valence electrons. The Morgan fingerprint density at radius 2 is 2.21 bits per heavy atom. The second-order valence-electron chi connectivity index (χ2n) is 5.22. The highest BCUT2D eigenvalue weighted by atomic mass is 16.4. The van der Waals surface area contributed by atoms with Crippen LogP contribution in [-0.4, -0.2) is 15.9 Å². The first kappa shape index (κ1) is 15.5. The van der Waals surface area contributed by atoms with Gasteiger partial charge < -0.3 is 14.8 Å². The summed E-state index contributed by atoms with van der Waals surface area (Å²) in [6.07, 6.45) is 4.08. The molecule has 1 aliphatic rings. The van der Waals surface area contributed by atoms with Gasteiger partial charge in [0.05, 0.1) is 11.3 Å².